The van der Waals surface area contributed by atoms with E-state index in [9.17, 15) is 28.0 Å². The number of nitro groups is 1. The smallest absolute Gasteiger partial charge is 0.213 e. The van der Waals surface area contributed by atoms with Gasteiger partial charge in [0.2, 0.25) is 6.04 Å². The van der Waals surface area contributed by atoms with Crippen molar-refractivity contribution in [2.75, 3.05) is 0 Å². The molecule has 1 atom stereocenters. The van der Waals surface area contributed by atoms with E-state index in [1.165, 1.54) is 6.92 Å². The summed E-state index contributed by atoms with van der Waals surface area (Å²) in [4.78, 5) is 9.74. The minimum Gasteiger partial charge on any atom is -0.264 e. The molecule has 0 N–H and O–H groups in total. The Morgan fingerprint density at radius 2 is 1.75 bits per heavy atom. The van der Waals surface area contributed by atoms with Crippen molar-refractivity contribution in [3.05, 3.63) is 10.1 Å². The molecule has 9 heteroatoms. The minimum absolute atomic E-state index is 0.111. The molecule has 0 aromatic heterocycles. The Morgan fingerprint density at radius 3 is 2.00 bits per heavy atom. The minimum atomic E-state index is -2.79. The van der Waals surface area contributed by atoms with Crippen LogP contribution in [0.25, 0.3) is 0 Å². The Morgan fingerprint density at radius 1 is 1.31 bits per heavy atom. The summed E-state index contributed by atoms with van der Waals surface area (Å²) >= 11 is 0. The van der Waals surface area contributed by atoms with Gasteiger partial charge in [0.15, 0.2) is 5.66 Å². The molecule has 96 valence electrons. The zero-order valence-electron chi connectivity index (χ0n) is 8.87. The van der Waals surface area contributed by atoms with E-state index in [1.54, 1.807) is 0 Å². The molecule has 0 aliphatic rings. The van der Waals surface area contributed by atoms with Crippen LogP contribution < -0.4 is 0 Å². The molecular formula is C7H13F4N3O2. The van der Waals surface area contributed by atoms with Crippen LogP contribution >= 0.6 is 0 Å². The van der Waals surface area contributed by atoms with E-state index >= 15 is 0 Å². The summed E-state index contributed by atoms with van der Waals surface area (Å²) in [6.45, 7) is 2.11. The Hall–Kier alpha value is -0.960. The van der Waals surface area contributed by atoms with Crippen LogP contribution in [-0.2, 0) is 0 Å². The molecule has 0 heterocycles. The summed E-state index contributed by atoms with van der Waals surface area (Å²) in [7, 11) is 0. The molecule has 16 heavy (non-hydrogen) atoms. The molecular weight excluding hydrogens is 234 g/mol. The van der Waals surface area contributed by atoms with Crippen molar-refractivity contribution in [2.45, 2.75) is 44.8 Å². The second-order valence-electron chi connectivity index (χ2n) is 3.57. The lowest BCUT2D eigenvalue weighted by atomic mass is 10.0. The van der Waals surface area contributed by atoms with Gasteiger partial charge in [-0.3, -0.25) is 10.1 Å². The normalized spacial score (nSPS) is 14.5. The number of nitrogens with zero attached hydrogens (tertiary/aromatic N) is 3. The van der Waals surface area contributed by atoms with Crippen molar-refractivity contribution in [2.24, 2.45) is 0 Å². The maximum Gasteiger partial charge on any atom is 0.213 e. The summed E-state index contributed by atoms with van der Waals surface area (Å²) in [5.41, 5.74) is -2.79. The van der Waals surface area contributed by atoms with Crippen molar-refractivity contribution >= 4 is 0 Å². The molecule has 0 aliphatic heterocycles. The van der Waals surface area contributed by atoms with Crippen LogP contribution in [0.4, 0.5) is 17.9 Å². The topological polar surface area (TPSA) is 49.6 Å². The summed E-state index contributed by atoms with van der Waals surface area (Å²) in [5, 5.41) is 7.11. The van der Waals surface area contributed by atoms with Gasteiger partial charge < -0.3 is 0 Å². The van der Waals surface area contributed by atoms with Gasteiger partial charge in [0.25, 0.3) is 0 Å². The van der Waals surface area contributed by atoms with Crippen LogP contribution in [0.15, 0.2) is 0 Å². The monoisotopic (exact) mass is 247 g/mol. The molecule has 0 spiro atoms. The predicted molar refractivity (Wildman–Crippen MR) is 46.8 cm³/mol. The third kappa shape index (κ3) is 3.56. The Balaban J connectivity index is 4.49. The quantitative estimate of drug-likeness (QED) is 0.228. The van der Waals surface area contributed by atoms with E-state index in [1.807, 2.05) is 0 Å². The van der Waals surface area contributed by atoms with Gasteiger partial charge in [-0.2, -0.15) is 0 Å². The first-order valence-electron chi connectivity index (χ1n) is 4.62. The van der Waals surface area contributed by atoms with Gasteiger partial charge in [0.05, 0.1) is 0 Å². The van der Waals surface area contributed by atoms with Crippen LogP contribution in [0.5, 0.6) is 0 Å². The molecule has 0 radical (unpaired) electrons. The Bertz CT molecular complexity index is 232. The van der Waals surface area contributed by atoms with Crippen molar-refractivity contribution in [1.29, 1.82) is 0 Å². The van der Waals surface area contributed by atoms with Crippen molar-refractivity contribution in [3.8, 4) is 0 Å². The summed E-state index contributed by atoms with van der Waals surface area (Å²) in [6.07, 6.45) is -0.929. The molecule has 0 rings (SSSR count). The standard InChI is InChI=1S/C7H13F4N3O2/c1-3-6(12(15)16)4-5-7(2,13(8)9)14(10)11/h6H,3-5H2,1-2H3. The van der Waals surface area contributed by atoms with E-state index in [2.05, 4.69) is 0 Å². The first-order chi connectivity index (χ1) is 7.25. The average Bonchev–Trinajstić information content (AvgIpc) is 2.16. The second-order valence-corrected chi connectivity index (χ2v) is 3.57. The van der Waals surface area contributed by atoms with E-state index in [-0.39, 0.29) is 12.8 Å². The van der Waals surface area contributed by atoms with Crippen molar-refractivity contribution in [3.63, 3.8) is 0 Å². The summed E-state index contributed by atoms with van der Waals surface area (Å²) < 4.78 is 48.9. The van der Waals surface area contributed by atoms with Gasteiger partial charge >= 0.3 is 0 Å². The highest BCUT2D eigenvalue weighted by Crippen LogP contribution is 2.29. The fraction of sp³-hybridized carbons (Fsp3) is 1.00. The van der Waals surface area contributed by atoms with Crippen LogP contribution in [0.3, 0.4) is 0 Å². The fourth-order valence-corrected chi connectivity index (χ4v) is 1.12. The molecule has 1 unspecified atom stereocenters. The summed E-state index contributed by atoms with van der Waals surface area (Å²) in [5.74, 6) is 0. The third-order valence-electron chi connectivity index (χ3n) is 2.45. The SMILES string of the molecule is CCC(CCC(C)(N(F)F)N(F)F)[N+](=O)[O-]. The van der Waals surface area contributed by atoms with Crippen LogP contribution in [-0.4, -0.2) is 27.3 Å². The van der Waals surface area contributed by atoms with E-state index in [0.717, 1.165) is 0 Å². The average molecular weight is 247 g/mol. The molecule has 0 saturated carbocycles. The van der Waals surface area contributed by atoms with Gasteiger partial charge in [-0.05, 0) is 13.3 Å². The van der Waals surface area contributed by atoms with E-state index in [0.29, 0.717) is 6.92 Å². The maximum atomic E-state index is 12.2. The zero-order chi connectivity index (χ0) is 12.9. The van der Waals surface area contributed by atoms with Gasteiger partial charge in [0, 0.05) is 28.5 Å². The Kier molecular flexibility index (Phi) is 5.59. The molecule has 0 aromatic carbocycles. The predicted octanol–water partition coefficient (Wildman–Crippen LogP) is 2.68. The molecule has 0 amide bonds. The van der Waals surface area contributed by atoms with Crippen LogP contribution in [0.1, 0.15) is 33.1 Å². The lowest BCUT2D eigenvalue weighted by Gasteiger charge is -2.28. The highest BCUT2D eigenvalue weighted by Gasteiger charge is 2.43. The zero-order valence-corrected chi connectivity index (χ0v) is 8.87. The first-order valence-corrected chi connectivity index (χ1v) is 4.62. The molecule has 5 nitrogen and oxygen atoms in total. The number of rotatable bonds is 7. The largest absolute Gasteiger partial charge is 0.264 e. The highest BCUT2D eigenvalue weighted by molar-refractivity contribution is 4.73. The van der Waals surface area contributed by atoms with Crippen LogP contribution in [0, 0.1) is 10.1 Å². The van der Waals surface area contributed by atoms with Crippen LogP contribution in [0.2, 0.25) is 0 Å². The maximum absolute atomic E-state index is 12.2. The number of hydrogen-bond donors (Lipinski definition) is 0. The van der Waals surface area contributed by atoms with Gasteiger partial charge in [-0.15, -0.1) is 0 Å². The Labute approximate surface area is 89.5 Å². The second kappa shape index (κ2) is 5.94. The van der Waals surface area contributed by atoms with E-state index in [4.69, 9.17) is 0 Å². The number of halogens is 4. The van der Waals surface area contributed by atoms with Crippen molar-refractivity contribution < 1.29 is 22.8 Å². The molecule has 0 fully saturated rings. The highest BCUT2D eigenvalue weighted by atomic mass is 19.4. The first kappa shape index (κ1) is 15.0. The lowest BCUT2D eigenvalue weighted by molar-refractivity contribution is -0.525. The third-order valence-corrected chi connectivity index (χ3v) is 2.45. The summed E-state index contributed by atoms with van der Waals surface area (Å²) in [6, 6.07) is -1.08. The molecule has 0 aliphatic carbocycles. The van der Waals surface area contributed by atoms with E-state index < -0.39 is 33.7 Å². The molecule has 0 saturated heterocycles. The molecule has 0 bridgehead atoms. The lowest BCUT2D eigenvalue weighted by Crippen LogP contribution is -2.46. The van der Waals surface area contributed by atoms with Gasteiger partial charge in [-0.1, -0.05) is 24.8 Å². The number of hydrogen-bond acceptors (Lipinski definition) is 4. The van der Waals surface area contributed by atoms with Gasteiger partial charge in [0.1, 0.15) is 0 Å². The fourth-order valence-electron chi connectivity index (χ4n) is 1.12. The molecule has 0 aromatic rings. The van der Waals surface area contributed by atoms with Crippen molar-refractivity contribution in [1.82, 2.24) is 10.7 Å². The van der Waals surface area contributed by atoms with Gasteiger partial charge in [-0.25, -0.2) is 0 Å².